The molecule has 0 aromatic carbocycles. The maximum absolute atomic E-state index is 13.3. The highest BCUT2D eigenvalue weighted by Crippen LogP contribution is 2.63. The molecule has 2 saturated heterocycles. The summed E-state index contributed by atoms with van der Waals surface area (Å²) in [6, 6.07) is 8.08. The Bertz CT molecular complexity index is 2300. The average Bonchev–Trinajstić information content (AvgIpc) is 3.88. The molecule has 3 aromatic heterocycles. The van der Waals surface area contributed by atoms with E-state index in [1.807, 2.05) is 26.0 Å². The summed E-state index contributed by atoms with van der Waals surface area (Å²) in [5, 5.41) is 30.7. The summed E-state index contributed by atoms with van der Waals surface area (Å²) in [5.41, 5.74) is 4.15. The lowest BCUT2D eigenvalue weighted by Crippen LogP contribution is -2.27. The van der Waals surface area contributed by atoms with E-state index in [0.717, 1.165) is 27.3 Å². The summed E-state index contributed by atoms with van der Waals surface area (Å²) < 4.78 is 2.48. The quantitative estimate of drug-likeness (QED) is 0.246. The molecule has 0 radical (unpaired) electrons. The Morgan fingerprint density at radius 3 is 2.02 bits per heavy atom. The minimum atomic E-state index is -0.478. The van der Waals surface area contributed by atoms with Crippen LogP contribution in [-0.4, -0.2) is 44.8 Å². The molecule has 2 fully saturated rings. The largest absolute Gasteiger partial charge is 0.300 e. The highest BCUT2D eigenvalue weighted by atomic mass is 32.2. The van der Waals surface area contributed by atoms with Crippen molar-refractivity contribution in [2.75, 3.05) is 13.1 Å². The first-order valence-electron chi connectivity index (χ1n) is 15.1. The van der Waals surface area contributed by atoms with Gasteiger partial charge in [-0.05, 0) is 73.1 Å². The van der Waals surface area contributed by atoms with Gasteiger partial charge in [-0.15, -0.1) is 34.0 Å². The average molecular weight is 726 g/mol. The number of nitrogens with zero attached hydrogens (tertiary/aromatic N) is 7. The molecule has 0 N–H and O–H groups in total. The fourth-order valence-corrected chi connectivity index (χ4v) is 13.5. The van der Waals surface area contributed by atoms with E-state index in [2.05, 4.69) is 45.9 Å². The number of carbonyl (C=O) groups is 2. The number of amides is 2. The van der Waals surface area contributed by atoms with Crippen LogP contribution in [0.2, 0.25) is 0 Å². The molecule has 0 unspecified atom stereocenters. The number of aliphatic imine (C=N–C) groups is 2. The zero-order valence-electron chi connectivity index (χ0n) is 27.1. The molecule has 0 spiro atoms. The zero-order valence-corrected chi connectivity index (χ0v) is 31.1. The van der Waals surface area contributed by atoms with Crippen LogP contribution in [0.1, 0.15) is 70.0 Å². The normalized spacial score (nSPS) is 21.5. The second-order valence-corrected chi connectivity index (χ2v) is 17.6. The molecule has 2 aliphatic carbocycles. The minimum absolute atomic E-state index is 0.0914. The van der Waals surface area contributed by atoms with Gasteiger partial charge >= 0.3 is 0 Å². The van der Waals surface area contributed by atoms with Gasteiger partial charge in [0, 0.05) is 28.8 Å². The van der Waals surface area contributed by atoms with Gasteiger partial charge in [0.2, 0.25) is 0 Å². The number of nitriles is 3. The SMILES string of the molecule is CCN1C(=O)C(=NC2=Cc3sc4c5c(sc4c3C2(C)C)-c2sc(N=C3S/C(=C(/C)C#N)N(CC)C3=O)cc2C5(C)C)SC1=C(C#N)C#N. The third-order valence-corrected chi connectivity index (χ3v) is 15.0. The smallest absolute Gasteiger partial charge is 0.284 e. The molecule has 7 rings (SSSR count). The number of rotatable bonds is 4. The summed E-state index contributed by atoms with van der Waals surface area (Å²) in [7, 11) is 0. The molecule has 3 aromatic rings. The van der Waals surface area contributed by atoms with Gasteiger partial charge < -0.3 is 0 Å². The van der Waals surface area contributed by atoms with Crippen molar-refractivity contribution in [1.29, 1.82) is 15.8 Å². The molecule has 4 aliphatic rings. The first-order valence-corrected chi connectivity index (χ1v) is 19.2. The van der Waals surface area contributed by atoms with Crippen LogP contribution in [-0.2, 0) is 20.4 Å². The Morgan fingerprint density at radius 1 is 0.792 bits per heavy atom. The molecular weight excluding hydrogens is 699 g/mol. The van der Waals surface area contributed by atoms with E-state index < -0.39 is 5.41 Å². The number of thioether (sulfide) groups is 2. The third kappa shape index (κ3) is 4.45. The third-order valence-electron chi connectivity index (χ3n) is 9.03. The van der Waals surface area contributed by atoms with Gasteiger partial charge in [0.1, 0.15) is 22.2 Å². The van der Waals surface area contributed by atoms with Crippen LogP contribution < -0.4 is 0 Å². The van der Waals surface area contributed by atoms with Crippen LogP contribution in [0, 0.1) is 34.0 Å². The molecule has 2 amide bonds. The lowest BCUT2D eigenvalue weighted by Gasteiger charge is -2.21. The molecule has 2 aliphatic heterocycles. The standard InChI is InChI=1S/C34H27N7O2S5/c1-8-40-30(43)28(47-31(40)15(3)12-35)39-20-10-17-23(45-20)25-22(33(17,4)5)26-24(46-25)21-18(44-26)11-19(34(21,6)7)38-27-29(42)41(9-2)32(48-27)16(13-36)14-37/h10-11H,8-9H2,1-7H3/b31-15-,38-27?,39-28?. The van der Waals surface area contributed by atoms with E-state index in [4.69, 9.17) is 9.98 Å². The van der Waals surface area contributed by atoms with Gasteiger partial charge in [0.15, 0.2) is 15.7 Å². The number of carbonyl (C=O) groups excluding carboxylic acids is 2. The van der Waals surface area contributed by atoms with Crippen LogP contribution >= 0.6 is 57.5 Å². The topological polar surface area (TPSA) is 137 Å². The molecule has 5 heterocycles. The fourth-order valence-electron chi connectivity index (χ4n) is 6.53. The first-order chi connectivity index (χ1) is 22.8. The Morgan fingerprint density at radius 2 is 1.40 bits per heavy atom. The van der Waals surface area contributed by atoms with Gasteiger partial charge in [-0.3, -0.25) is 19.4 Å². The van der Waals surface area contributed by atoms with Crippen molar-refractivity contribution in [2.45, 2.75) is 59.3 Å². The lowest BCUT2D eigenvalue weighted by atomic mass is 9.82. The summed E-state index contributed by atoms with van der Waals surface area (Å²) in [5.74, 6) is -0.476. The van der Waals surface area contributed by atoms with Gasteiger partial charge in [-0.1, -0.05) is 27.7 Å². The first kappa shape index (κ1) is 32.6. The molecule has 48 heavy (non-hydrogen) atoms. The fraction of sp³-hybridized carbons (Fsp3) is 0.324. The van der Waals surface area contributed by atoms with Crippen LogP contribution in [0.25, 0.3) is 25.2 Å². The van der Waals surface area contributed by atoms with E-state index in [-0.39, 0.29) is 27.8 Å². The Hall–Kier alpha value is -3.97. The number of hydrogen-bond acceptors (Lipinski definition) is 12. The van der Waals surface area contributed by atoms with Crippen LogP contribution in [0.5, 0.6) is 0 Å². The van der Waals surface area contributed by atoms with Crippen molar-refractivity contribution in [3.8, 4) is 28.0 Å². The summed E-state index contributed by atoms with van der Waals surface area (Å²) in [6.45, 7) is 15.0. The lowest BCUT2D eigenvalue weighted by molar-refractivity contribution is -0.121. The van der Waals surface area contributed by atoms with Crippen molar-refractivity contribution in [2.24, 2.45) is 9.98 Å². The van der Waals surface area contributed by atoms with Gasteiger partial charge in [0.05, 0.1) is 41.5 Å². The maximum Gasteiger partial charge on any atom is 0.284 e. The molecular formula is C34H27N7O2S5. The Balaban J connectivity index is 1.26. The van der Waals surface area contributed by atoms with Gasteiger partial charge in [-0.2, -0.15) is 15.8 Å². The van der Waals surface area contributed by atoms with E-state index in [9.17, 15) is 25.4 Å². The summed E-state index contributed by atoms with van der Waals surface area (Å²) in [6.07, 6.45) is 2.08. The van der Waals surface area contributed by atoms with Crippen molar-refractivity contribution in [3.05, 3.63) is 54.5 Å². The van der Waals surface area contributed by atoms with E-state index in [1.54, 1.807) is 45.8 Å². The van der Waals surface area contributed by atoms with Crippen molar-refractivity contribution >= 4 is 99.9 Å². The number of hydrogen-bond donors (Lipinski definition) is 0. The predicted molar refractivity (Wildman–Crippen MR) is 197 cm³/mol. The second-order valence-electron chi connectivity index (χ2n) is 12.5. The van der Waals surface area contributed by atoms with Gasteiger partial charge in [-0.25, -0.2) is 9.98 Å². The monoisotopic (exact) mass is 725 g/mol. The molecule has 0 bridgehead atoms. The second kappa shape index (κ2) is 11.3. The van der Waals surface area contributed by atoms with Crippen LogP contribution in [0.15, 0.2) is 43.0 Å². The molecule has 14 heteroatoms. The highest BCUT2D eigenvalue weighted by molar-refractivity contribution is 8.20. The van der Waals surface area contributed by atoms with Crippen molar-refractivity contribution in [3.63, 3.8) is 0 Å². The summed E-state index contributed by atoms with van der Waals surface area (Å²) >= 11 is 7.48. The van der Waals surface area contributed by atoms with E-state index >= 15 is 0 Å². The number of allylic oxidation sites excluding steroid dienone is 3. The van der Waals surface area contributed by atoms with Crippen molar-refractivity contribution in [1.82, 2.24) is 9.80 Å². The summed E-state index contributed by atoms with van der Waals surface area (Å²) in [4.78, 5) is 42.7. The maximum atomic E-state index is 13.3. The van der Waals surface area contributed by atoms with E-state index in [0.29, 0.717) is 33.8 Å². The number of thiophene rings is 3. The molecule has 9 nitrogen and oxygen atoms in total. The highest BCUT2D eigenvalue weighted by Gasteiger charge is 2.46. The Labute approximate surface area is 298 Å². The van der Waals surface area contributed by atoms with Gasteiger partial charge in [0.25, 0.3) is 11.8 Å². The zero-order chi connectivity index (χ0) is 34.4. The molecule has 240 valence electrons. The van der Waals surface area contributed by atoms with Crippen LogP contribution in [0.3, 0.4) is 0 Å². The Kier molecular flexibility index (Phi) is 7.67. The van der Waals surface area contributed by atoms with Crippen LogP contribution in [0.4, 0.5) is 5.00 Å². The molecule has 0 saturated carbocycles. The predicted octanol–water partition coefficient (Wildman–Crippen LogP) is 8.60. The van der Waals surface area contributed by atoms with E-state index in [1.165, 1.54) is 52.5 Å². The number of fused-ring (bicyclic) bond motifs is 7. The molecule has 0 atom stereocenters. The van der Waals surface area contributed by atoms with Crippen molar-refractivity contribution < 1.29 is 9.59 Å². The minimum Gasteiger partial charge on any atom is -0.300 e.